The molecule has 1 atom stereocenters. The van der Waals surface area contributed by atoms with Crippen LogP contribution in [0.1, 0.15) is 45.1 Å². The van der Waals surface area contributed by atoms with Crippen molar-refractivity contribution < 1.29 is 4.74 Å². The van der Waals surface area contributed by atoms with Crippen LogP contribution in [0.4, 0.5) is 5.69 Å². The van der Waals surface area contributed by atoms with Gasteiger partial charge in [-0.05, 0) is 57.7 Å². The topological polar surface area (TPSA) is 24.5 Å². The van der Waals surface area contributed by atoms with Crippen LogP contribution in [0.2, 0.25) is 0 Å². The predicted octanol–water partition coefficient (Wildman–Crippen LogP) is 3.69. The summed E-state index contributed by atoms with van der Waals surface area (Å²) in [5.41, 5.74) is 2.69. The Labute approximate surface area is 128 Å². The second kappa shape index (κ2) is 6.69. The van der Waals surface area contributed by atoms with Crippen molar-refractivity contribution in [3.63, 3.8) is 0 Å². The summed E-state index contributed by atoms with van der Waals surface area (Å²) in [6.45, 7) is 7.71. The first-order valence-corrected chi connectivity index (χ1v) is 8.49. The van der Waals surface area contributed by atoms with E-state index in [0.29, 0.717) is 12.1 Å². The largest absolute Gasteiger partial charge is 0.492 e. The second-order valence-electron chi connectivity index (χ2n) is 6.64. The highest BCUT2D eigenvalue weighted by molar-refractivity contribution is 5.56. The summed E-state index contributed by atoms with van der Waals surface area (Å²) in [5.74, 6) is 1.01. The molecule has 0 aliphatic carbocycles. The van der Waals surface area contributed by atoms with Gasteiger partial charge in [0.25, 0.3) is 0 Å². The van der Waals surface area contributed by atoms with Gasteiger partial charge < -0.3 is 10.1 Å². The lowest BCUT2D eigenvalue weighted by Crippen LogP contribution is -2.46. The Hall–Kier alpha value is -1.22. The summed E-state index contributed by atoms with van der Waals surface area (Å²) in [5, 5.41) is 3.48. The fourth-order valence-electron chi connectivity index (χ4n) is 3.60. The number of hydrogen-bond donors (Lipinski definition) is 1. The molecule has 2 aliphatic heterocycles. The van der Waals surface area contributed by atoms with Crippen molar-refractivity contribution in [1.29, 1.82) is 0 Å². The van der Waals surface area contributed by atoms with E-state index in [4.69, 9.17) is 4.74 Å². The number of nitrogens with zero attached hydrogens (tertiary/aromatic N) is 1. The highest BCUT2D eigenvalue weighted by Crippen LogP contribution is 2.27. The van der Waals surface area contributed by atoms with Gasteiger partial charge in [0.15, 0.2) is 0 Å². The summed E-state index contributed by atoms with van der Waals surface area (Å²) >= 11 is 0. The number of anilines is 1. The Morgan fingerprint density at radius 3 is 3.05 bits per heavy atom. The molecule has 1 aromatic carbocycles. The van der Waals surface area contributed by atoms with Crippen LogP contribution in [0.5, 0.6) is 5.75 Å². The molecule has 1 aromatic rings. The van der Waals surface area contributed by atoms with Crippen molar-refractivity contribution in [3.05, 3.63) is 23.8 Å². The number of aryl methyl sites for hydroxylation is 1. The lowest BCUT2D eigenvalue weighted by Gasteiger charge is -2.38. The molecule has 0 aromatic heterocycles. The molecule has 0 radical (unpaired) electrons. The van der Waals surface area contributed by atoms with E-state index in [9.17, 15) is 0 Å². The quantitative estimate of drug-likeness (QED) is 0.914. The molecule has 116 valence electrons. The molecule has 1 saturated heterocycles. The fraction of sp³-hybridized carbons (Fsp3) is 0.667. The Morgan fingerprint density at radius 1 is 1.29 bits per heavy atom. The number of rotatable bonds is 4. The van der Waals surface area contributed by atoms with Gasteiger partial charge >= 0.3 is 0 Å². The average Bonchev–Trinajstić information content (AvgIpc) is 2.53. The molecule has 1 N–H and O–H groups in total. The molecule has 21 heavy (non-hydrogen) atoms. The minimum absolute atomic E-state index is 0.572. The molecule has 3 rings (SSSR count). The van der Waals surface area contributed by atoms with Gasteiger partial charge in [-0.1, -0.05) is 12.5 Å². The standard InChI is InChI=1S/C18H28N2O/c1-14(2)20-11-4-3-7-16(20)13-21-17-9-8-15-6-5-10-19-18(15)12-17/h8-9,12,14,16,19H,3-7,10-11,13H2,1-2H3. The zero-order valence-electron chi connectivity index (χ0n) is 13.4. The van der Waals surface area contributed by atoms with Crippen LogP contribution >= 0.6 is 0 Å². The molecule has 1 fully saturated rings. The number of ether oxygens (including phenoxy) is 1. The van der Waals surface area contributed by atoms with E-state index in [1.165, 1.54) is 49.9 Å². The van der Waals surface area contributed by atoms with Gasteiger partial charge in [0.05, 0.1) is 0 Å². The maximum atomic E-state index is 6.11. The first kappa shape index (κ1) is 14.7. The molecule has 0 saturated carbocycles. The van der Waals surface area contributed by atoms with Crippen LogP contribution in [0.15, 0.2) is 18.2 Å². The van der Waals surface area contributed by atoms with Crippen molar-refractivity contribution in [2.45, 2.75) is 58.0 Å². The summed E-state index contributed by atoms with van der Waals surface area (Å²) in [6.07, 6.45) is 6.35. The highest BCUT2D eigenvalue weighted by atomic mass is 16.5. The van der Waals surface area contributed by atoms with E-state index in [0.717, 1.165) is 18.9 Å². The van der Waals surface area contributed by atoms with E-state index in [-0.39, 0.29) is 0 Å². The third kappa shape index (κ3) is 3.52. The molecule has 2 aliphatic rings. The zero-order chi connectivity index (χ0) is 14.7. The molecular weight excluding hydrogens is 260 g/mol. The summed E-state index contributed by atoms with van der Waals surface area (Å²) < 4.78 is 6.11. The Balaban J connectivity index is 1.61. The number of fused-ring (bicyclic) bond motifs is 1. The number of nitrogens with one attached hydrogen (secondary N) is 1. The maximum absolute atomic E-state index is 6.11. The van der Waals surface area contributed by atoms with Crippen LogP contribution in [-0.2, 0) is 6.42 Å². The predicted molar refractivity (Wildman–Crippen MR) is 88.2 cm³/mol. The van der Waals surface area contributed by atoms with Gasteiger partial charge in [-0.25, -0.2) is 0 Å². The molecule has 0 amide bonds. The third-order valence-corrected chi connectivity index (χ3v) is 4.80. The first-order chi connectivity index (χ1) is 10.2. The minimum atomic E-state index is 0.572. The minimum Gasteiger partial charge on any atom is -0.492 e. The van der Waals surface area contributed by atoms with E-state index < -0.39 is 0 Å². The Bertz CT molecular complexity index is 472. The summed E-state index contributed by atoms with van der Waals surface area (Å²) in [7, 11) is 0. The Morgan fingerprint density at radius 2 is 2.19 bits per heavy atom. The average molecular weight is 288 g/mol. The van der Waals surface area contributed by atoms with Crippen LogP contribution in [-0.4, -0.2) is 36.7 Å². The first-order valence-electron chi connectivity index (χ1n) is 8.49. The van der Waals surface area contributed by atoms with E-state index in [2.05, 4.69) is 42.3 Å². The second-order valence-corrected chi connectivity index (χ2v) is 6.64. The molecule has 2 heterocycles. The van der Waals surface area contributed by atoms with Gasteiger partial charge in [0, 0.05) is 30.4 Å². The molecule has 3 nitrogen and oxygen atoms in total. The summed E-state index contributed by atoms with van der Waals surface area (Å²) in [6, 6.07) is 7.72. The molecule has 3 heteroatoms. The van der Waals surface area contributed by atoms with Gasteiger partial charge in [-0.2, -0.15) is 0 Å². The van der Waals surface area contributed by atoms with Gasteiger partial charge in [-0.3, -0.25) is 4.90 Å². The van der Waals surface area contributed by atoms with Crippen LogP contribution in [0.25, 0.3) is 0 Å². The van der Waals surface area contributed by atoms with Crippen molar-refractivity contribution in [1.82, 2.24) is 4.90 Å². The lowest BCUT2D eigenvalue weighted by atomic mass is 10.0. The van der Waals surface area contributed by atoms with Crippen molar-refractivity contribution >= 4 is 5.69 Å². The number of likely N-dealkylation sites (tertiary alicyclic amines) is 1. The monoisotopic (exact) mass is 288 g/mol. The number of hydrogen-bond acceptors (Lipinski definition) is 3. The maximum Gasteiger partial charge on any atom is 0.121 e. The van der Waals surface area contributed by atoms with E-state index >= 15 is 0 Å². The number of benzene rings is 1. The van der Waals surface area contributed by atoms with Crippen LogP contribution < -0.4 is 10.1 Å². The van der Waals surface area contributed by atoms with E-state index in [1.54, 1.807) is 0 Å². The molecule has 0 spiro atoms. The van der Waals surface area contributed by atoms with Gasteiger partial charge in [-0.15, -0.1) is 0 Å². The smallest absolute Gasteiger partial charge is 0.121 e. The van der Waals surface area contributed by atoms with Crippen molar-refractivity contribution in [3.8, 4) is 5.75 Å². The third-order valence-electron chi connectivity index (χ3n) is 4.80. The fourth-order valence-corrected chi connectivity index (χ4v) is 3.60. The van der Waals surface area contributed by atoms with Crippen molar-refractivity contribution in [2.24, 2.45) is 0 Å². The van der Waals surface area contributed by atoms with Crippen molar-refractivity contribution in [2.75, 3.05) is 25.0 Å². The molecule has 0 bridgehead atoms. The highest BCUT2D eigenvalue weighted by Gasteiger charge is 2.25. The number of piperidine rings is 1. The zero-order valence-corrected chi connectivity index (χ0v) is 13.4. The SMILES string of the molecule is CC(C)N1CCCCC1COc1ccc2c(c1)NCCC2. The molecular formula is C18H28N2O. The van der Waals surface area contributed by atoms with Crippen LogP contribution in [0, 0.1) is 0 Å². The Kier molecular flexibility index (Phi) is 4.69. The van der Waals surface area contributed by atoms with E-state index in [1.807, 2.05) is 0 Å². The van der Waals surface area contributed by atoms with Gasteiger partial charge in [0.2, 0.25) is 0 Å². The van der Waals surface area contributed by atoms with Gasteiger partial charge in [0.1, 0.15) is 12.4 Å². The van der Waals surface area contributed by atoms with Crippen LogP contribution in [0.3, 0.4) is 0 Å². The lowest BCUT2D eigenvalue weighted by molar-refractivity contribution is 0.0733. The molecule has 1 unspecified atom stereocenters. The summed E-state index contributed by atoms with van der Waals surface area (Å²) in [4.78, 5) is 2.60. The normalized spacial score (nSPS) is 22.7.